The summed E-state index contributed by atoms with van der Waals surface area (Å²) in [6, 6.07) is 6.02. The summed E-state index contributed by atoms with van der Waals surface area (Å²) in [7, 11) is -9.28. The average molecular weight is 727 g/mol. The number of nitrogen functional groups attached to an aromatic ring is 1. The number of hydrogen-bond acceptors (Lipinski definition) is 17. The van der Waals surface area contributed by atoms with E-state index >= 15 is 0 Å². The fourth-order valence-corrected chi connectivity index (χ4v) is 7.57. The van der Waals surface area contributed by atoms with Gasteiger partial charge in [0.2, 0.25) is 14.0 Å². The molecule has 4 unspecified atom stereocenters. The van der Waals surface area contributed by atoms with Crippen molar-refractivity contribution in [3.8, 4) is 5.88 Å². The van der Waals surface area contributed by atoms with Crippen LogP contribution in [-0.2, 0) is 39.2 Å². The van der Waals surface area contributed by atoms with E-state index in [-0.39, 0.29) is 28.4 Å². The molecular weight excluding hydrogens is 694 g/mol. The molecule has 4 heterocycles. The number of ether oxygens (including phenoxy) is 3. The summed E-state index contributed by atoms with van der Waals surface area (Å²) in [5.41, 5.74) is 5.11. The van der Waals surface area contributed by atoms with Gasteiger partial charge in [-0.25, -0.2) is 14.5 Å². The first-order chi connectivity index (χ1) is 22.9. The Bertz CT molecular complexity index is 1920. The smallest absolute Gasteiger partial charge is 0.309 e. The zero-order valence-electron chi connectivity index (χ0n) is 26.4. The van der Waals surface area contributed by atoms with Gasteiger partial charge in [0.1, 0.15) is 31.4 Å². The van der Waals surface area contributed by atoms with Gasteiger partial charge in [-0.15, -0.1) is 0 Å². The van der Waals surface area contributed by atoms with Crippen molar-refractivity contribution in [2.24, 2.45) is 12.5 Å². The van der Waals surface area contributed by atoms with E-state index in [4.69, 9.17) is 24.5 Å². The van der Waals surface area contributed by atoms with E-state index in [0.717, 1.165) is 18.7 Å². The molecule has 23 heteroatoms. The maximum Gasteiger partial charge on any atom is 0.309 e. The fourth-order valence-electron chi connectivity index (χ4n) is 5.29. The molecule has 1 aliphatic heterocycles. The standard InChI is InChI=1S/C26H34N8O13P2/c1-26(2,3)21(15-7-5-6-8-16(15)34(37)38)44-14-43-20-19(35)17(11-45-49(41,42)47-48(39,40)32-10-9-28-12-32)46-24(20)33-13-31(4)18-22(33)29-25(27)30-23(18)36/h5-10,12-13,17,19-21,24,35H,11,14H2,1-4H3,(H4-,27,29,30,36,39,40,41,42)/p-2/t17-,19+,20?,21?,24-/m1/s1. The summed E-state index contributed by atoms with van der Waals surface area (Å²) in [4.78, 5) is 47.3. The lowest BCUT2D eigenvalue weighted by Crippen LogP contribution is -2.47. The molecule has 0 amide bonds. The number of benzene rings is 1. The van der Waals surface area contributed by atoms with Gasteiger partial charge in [0.05, 0.1) is 30.2 Å². The zero-order valence-corrected chi connectivity index (χ0v) is 28.2. The number of nitrogens with zero attached hydrogens (tertiary/aromatic N) is 7. The number of phosphoric acid groups is 1. The van der Waals surface area contributed by atoms with Crippen molar-refractivity contribution >= 4 is 38.4 Å². The number of phosphoric ester groups is 1. The molecular formula is C26H32N8O13P2-2. The lowest BCUT2D eigenvalue weighted by atomic mass is 9.84. The number of aliphatic hydroxyl groups excluding tert-OH is 1. The number of nitro benzene ring substituents is 1. The monoisotopic (exact) mass is 726 g/mol. The molecule has 1 saturated heterocycles. The van der Waals surface area contributed by atoms with Crippen LogP contribution in [0.5, 0.6) is 5.88 Å². The van der Waals surface area contributed by atoms with E-state index < -0.39 is 75.8 Å². The molecule has 0 aliphatic carbocycles. The number of aliphatic hydroxyl groups is 1. The molecule has 3 N–H and O–H groups in total. The molecule has 0 radical (unpaired) electrons. The number of aromatic nitrogens is 6. The molecule has 266 valence electrons. The van der Waals surface area contributed by atoms with Gasteiger partial charge < -0.3 is 44.5 Å². The third kappa shape index (κ3) is 7.81. The van der Waals surface area contributed by atoms with Gasteiger partial charge in [0.25, 0.3) is 19.5 Å². The maximum absolute atomic E-state index is 12.6. The highest BCUT2D eigenvalue weighted by Gasteiger charge is 2.49. The highest BCUT2D eigenvalue weighted by Crippen LogP contribution is 2.55. The van der Waals surface area contributed by atoms with Crippen LogP contribution in [0.3, 0.4) is 0 Å². The van der Waals surface area contributed by atoms with Gasteiger partial charge in [-0.1, -0.05) is 37.9 Å². The van der Waals surface area contributed by atoms with Gasteiger partial charge in [-0.3, -0.25) is 32.5 Å². The third-order valence-corrected chi connectivity index (χ3v) is 10.3. The number of nitrogens with two attached hydrogens (primary N) is 1. The van der Waals surface area contributed by atoms with Crippen LogP contribution in [0, 0.1) is 15.5 Å². The van der Waals surface area contributed by atoms with Crippen LogP contribution >= 0.6 is 15.6 Å². The summed E-state index contributed by atoms with van der Waals surface area (Å²) in [6.07, 6.45) is -2.57. The Morgan fingerprint density at radius 2 is 1.94 bits per heavy atom. The van der Waals surface area contributed by atoms with Crippen molar-refractivity contribution in [1.29, 1.82) is 0 Å². The molecule has 0 bridgehead atoms. The van der Waals surface area contributed by atoms with Crippen molar-refractivity contribution < 1.29 is 61.7 Å². The Labute approximate surface area is 277 Å². The van der Waals surface area contributed by atoms with Crippen molar-refractivity contribution in [3.63, 3.8) is 0 Å². The topological polar surface area (TPSA) is 291 Å². The second kappa shape index (κ2) is 13.8. The molecule has 1 aromatic carbocycles. The minimum absolute atomic E-state index is 0.00864. The fraction of sp³-hybridized carbons (Fsp3) is 0.462. The number of anilines is 1. The Morgan fingerprint density at radius 1 is 1.22 bits per heavy atom. The van der Waals surface area contributed by atoms with Crippen molar-refractivity contribution in [1.82, 2.24) is 23.9 Å². The summed E-state index contributed by atoms with van der Waals surface area (Å²) >= 11 is 0. The van der Waals surface area contributed by atoms with Crippen LogP contribution in [0.25, 0.3) is 11.2 Å². The molecule has 49 heavy (non-hydrogen) atoms. The van der Waals surface area contributed by atoms with Gasteiger partial charge >= 0.3 is 5.65 Å². The van der Waals surface area contributed by atoms with Crippen LogP contribution in [0.2, 0.25) is 0 Å². The normalized spacial score (nSPS) is 22.9. The summed E-state index contributed by atoms with van der Waals surface area (Å²) in [6.45, 7) is 3.88. The second-order valence-electron chi connectivity index (χ2n) is 12.0. The van der Waals surface area contributed by atoms with Gasteiger partial charge in [0, 0.05) is 24.3 Å². The quantitative estimate of drug-likeness (QED) is 0.0599. The molecule has 7 atom stereocenters. The molecule has 0 spiro atoms. The van der Waals surface area contributed by atoms with E-state index in [1.807, 2.05) is 0 Å². The SMILES string of the molecule is Cn1c[n+]([C@@H]2O[C@H](COP(=O)([O-])OP(=O)([O-])n3ccnc3)[C@H](O)C2OCOC(c2ccccc2[N+](=O)[O-])C(C)(C)C)c2nc(N)nc([O-])c21. The third-order valence-electron chi connectivity index (χ3n) is 7.40. The summed E-state index contributed by atoms with van der Waals surface area (Å²) in [5, 5.41) is 35.7. The van der Waals surface area contributed by atoms with Crippen molar-refractivity contribution in [2.45, 2.75) is 51.4 Å². The molecule has 4 aromatic rings. The largest absolute Gasteiger partial charge is 0.856 e. The van der Waals surface area contributed by atoms with Gasteiger partial charge in [0.15, 0.2) is 11.8 Å². The Balaban J connectivity index is 1.41. The molecule has 1 aliphatic rings. The van der Waals surface area contributed by atoms with Crippen LogP contribution in [0.1, 0.15) is 38.7 Å². The van der Waals surface area contributed by atoms with Crippen molar-refractivity contribution in [2.75, 3.05) is 19.1 Å². The highest BCUT2D eigenvalue weighted by atomic mass is 31.3. The highest BCUT2D eigenvalue weighted by molar-refractivity contribution is 7.61. The van der Waals surface area contributed by atoms with Crippen LogP contribution < -0.4 is 25.2 Å². The predicted octanol–water partition coefficient (Wildman–Crippen LogP) is -0.0604. The van der Waals surface area contributed by atoms with E-state index in [0.29, 0.717) is 4.34 Å². The Kier molecular flexibility index (Phi) is 10.2. The van der Waals surface area contributed by atoms with E-state index in [9.17, 15) is 39.2 Å². The number of para-hydroxylation sites is 1. The Hall–Kier alpha value is -3.88. The van der Waals surface area contributed by atoms with Crippen molar-refractivity contribution in [3.05, 3.63) is 65.0 Å². The van der Waals surface area contributed by atoms with Crippen LogP contribution in [0.4, 0.5) is 11.6 Å². The lowest BCUT2D eigenvalue weighted by Gasteiger charge is -2.32. The Morgan fingerprint density at radius 3 is 2.59 bits per heavy atom. The minimum Gasteiger partial charge on any atom is -0.856 e. The number of aryl methyl sites for hydroxylation is 1. The number of fused-ring (bicyclic) bond motifs is 1. The van der Waals surface area contributed by atoms with Crippen LogP contribution in [-0.4, -0.2) is 65.6 Å². The molecule has 21 nitrogen and oxygen atoms in total. The average Bonchev–Trinajstić information content (AvgIpc) is 3.72. The van der Waals surface area contributed by atoms with Crippen LogP contribution in [0.15, 0.2) is 49.3 Å². The molecule has 3 aromatic heterocycles. The van der Waals surface area contributed by atoms with E-state index in [1.165, 1.54) is 34.6 Å². The second-order valence-corrected chi connectivity index (χ2v) is 15.2. The number of hydrogen-bond donors (Lipinski definition) is 2. The number of rotatable bonds is 13. The molecule has 0 saturated carbocycles. The van der Waals surface area contributed by atoms with E-state index in [1.54, 1.807) is 32.9 Å². The maximum atomic E-state index is 12.6. The lowest BCUT2D eigenvalue weighted by molar-refractivity contribution is -0.746. The minimum atomic E-state index is -5.57. The summed E-state index contributed by atoms with van der Waals surface area (Å²) < 4.78 is 54.9. The van der Waals surface area contributed by atoms with Gasteiger partial charge in [-0.05, 0) is 11.5 Å². The first-order valence-corrected chi connectivity index (χ1v) is 17.3. The zero-order chi connectivity index (χ0) is 35.9. The molecule has 1 fully saturated rings. The number of imidazole rings is 2. The predicted molar refractivity (Wildman–Crippen MR) is 158 cm³/mol. The van der Waals surface area contributed by atoms with Gasteiger partial charge in [-0.2, -0.15) is 0 Å². The summed E-state index contributed by atoms with van der Waals surface area (Å²) in [5.74, 6) is -1.08. The first-order valence-electron chi connectivity index (χ1n) is 14.4. The number of nitro groups is 1. The van der Waals surface area contributed by atoms with E-state index in [2.05, 4.69) is 19.3 Å². The molecule has 5 rings (SSSR count). The first kappa shape index (κ1) is 36.4.